The molecule has 0 aromatic rings. The second-order valence-corrected chi connectivity index (χ2v) is 2.98. The molecule has 0 amide bonds. The Hall–Kier alpha value is -0.210. The van der Waals surface area contributed by atoms with Crippen molar-refractivity contribution in [3.8, 4) is 0 Å². The van der Waals surface area contributed by atoms with E-state index < -0.39 is 6.17 Å². The molecular weight excluding hydrogens is 213 g/mol. The Balaban J connectivity index is 3.16. The van der Waals surface area contributed by atoms with Crippen LogP contribution in [0, 0.1) is 0 Å². The second-order valence-electron chi connectivity index (χ2n) is 2.19. The molecule has 0 spiro atoms. The van der Waals surface area contributed by atoms with Crippen LogP contribution in [0.15, 0.2) is 4.99 Å². The van der Waals surface area contributed by atoms with E-state index in [1.807, 2.05) is 0 Å². The summed E-state index contributed by atoms with van der Waals surface area (Å²) < 4.78 is 12.7. The van der Waals surface area contributed by atoms with Crippen molar-refractivity contribution in [2.75, 3.05) is 11.9 Å². The van der Waals surface area contributed by atoms with Gasteiger partial charge in [0, 0.05) is 5.33 Å². The fourth-order valence-corrected chi connectivity index (χ4v) is 1.20. The highest BCUT2D eigenvalue weighted by Gasteiger charge is 2.03. The lowest BCUT2D eigenvalue weighted by atomic mass is 10.2. The van der Waals surface area contributed by atoms with Gasteiger partial charge in [0.25, 0.3) is 0 Å². The van der Waals surface area contributed by atoms with Crippen molar-refractivity contribution in [3.05, 3.63) is 0 Å². The minimum absolute atomic E-state index is 0.395. The standard InChI is InChI=1S/C7H11BrFNO/c8-4-3-7(9)2-1-5-10-6-11/h7H,1-5H2. The van der Waals surface area contributed by atoms with Crippen LogP contribution < -0.4 is 0 Å². The van der Waals surface area contributed by atoms with E-state index in [2.05, 4.69) is 20.9 Å². The van der Waals surface area contributed by atoms with Crippen molar-refractivity contribution in [3.63, 3.8) is 0 Å². The van der Waals surface area contributed by atoms with Crippen molar-refractivity contribution in [2.45, 2.75) is 25.4 Å². The summed E-state index contributed by atoms with van der Waals surface area (Å²) in [7, 11) is 0. The molecule has 0 aliphatic carbocycles. The summed E-state index contributed by atoms with van der Waals surface area (Å²) >= 11 is 3.15. The first-order valence-electron chi connectivity index (χ1n) is 3.55. The minimum Gasteiger partial charge on any atom is -0.247 e. The molecule has 0 radical (unpaired) electrons. The molecule has 0 rings (SSSR count). The van der Waals surface area contributed by atoms with Gasteiger partial charge in [0.05, 0.1) is 6.54 Å². The SMILES string of the molecule is O=C=NCCCC(F)CCBr. The van der Waals surface area contributed by atoms with Gasteiger partial charge in [-0.2, -0.15) is 0 Å². The Bertz CT molecular complexity index is 136. The van der Waals surface area contributed by atoms with Crippen LogP contribution in [0.2, 0.25) is 0 Å². The number of rotatable bonds is 6. The Morgan fingerprint density at radius 2 is 2.27 bits per heavy atom. The van der Waals surface area contributed by atoms with Crippen molar-refractivity contribution in [1.29, 1.82) is 0 Å². The molecule has 0 heterocycles. The third-order valence-electron chi connectivity index (χ3n) is 1.27. The van der Waals surface area contributed by atoms with Gasteiger partial charge in [-0.05, 0) is 19.3 Å². The molecule has 0 aliphatic rings. The molecule has 1 atom stereocenters. The summed E-state index contributed by atoms with van der Waals surface area (Å²) in [6, 6.07) is 0. The number of nitrogens with zero attached hydrogens (tertiary/aromatic N) is 1. The Morgan fingerprint density at radius 3 is 2.82 bits per heavy atom. The molecule has 2 nitrogen and oxygen atoms in total. The van der Waals surface area contributed by atoms with Gasteiger partial charge in [0.1, 0.15) is 6.17 Å². The monoisotopic (exact) mass is 223 g/mol. The van der Waals surface area contributed by atoms with E-state index in [1.165, 1.54) is 6.08 Å². The summed E-state index contributed by atoms with van der Waals surface area (Å²) in [4.78, 5) is 12.9. The number of isocyanates is 1. The van der Waals surface area contributed by atoms with E-state index in [4.69, 9.17) is 0 Å². The first-order valence-corrected chi connectivity index (χ1v) is 4.67. The van der Waals surface area contributed by atoms with E-state index in [9.17, 15) is 9.18 Å². The lowest BCUT2D eigenvalue weighted by molar-refractivity contribution is 0.304. The summed E-state index contributed by atoms with van der Waals surface area (Å²) in [6.07, 6.45) is 2.29. The smallest absolute Gasteiger partial charge is 0.234 e. The Morgan fingerprint density at radius 1 is 1.55 bits per heavy atom. The fourth-order valence-electron chi connectivity index (χ4n) is 0.700. The van der Waals surface area contributed by atoms with Gasteiger partial charge in [-0.25, -0.2) is 14.2 Å². The molecule has 0 aliphatic heterocycles. The number of aliphatic imine (C=N–C) groups is 1. The molecule has 0 aromatic carbocycles. The highest BCUT2D eigenvalue weighted by molar-refractivity contribution is 9.09. The van der Waals surface area contributed by atoms with E-state index in [-0.39, 0.29) is 0 Å². The average Bonchev–Trinajstić information content (AvgIpc) is 1.99. The zero-order valence-electron chi connectivity index (χ0n) is 6.22. The van der Waals surface area contributed by atoms with Crippen molar-refractivity contribution in [1.82, 2.24) is 0 Å². The predicted molar refractivity (Wildman–Crippen MR) is 45.5 cm³/mol. The molecule has 0 N–H and O–H groups in total. The maximum absolute atomic E-state index is 12.7. The molecule has 0 bridgehead atoms. The number of alkyl halides is 2. The minimum atomic E-state index is -0.767. The van der Waals surface area contributed by atoms with E-state index in [0.717, 1.165) is 0 Å². The van der Waals surface area contributed by atoms with E-state index in [1.54, 1.807) is 0 Å². The highest BCUT2D eigenvalue weighted by Crippen LogP contribution is 2.07. The van der Waals surface area contributed by atoms with Gasteiger partial charge in [-0.3, -0.25) is 0 Å². The van der Waals surface area contributed by atoms with Crippen LogP contribution in [-0.2, 0) is 4.79 Å². The van der Waals surface area contributed by atoms with Crippen LogP contribution in [0.25, 0.3) is 0 Å². The molecule has 1 unspecified atom stereocenters. The third kappa shape index (κ3) is 7.69. The zero-order chi connectivity index (χ0) is 8.53. The summed E-state index contributed by atoms with van der Waals surface area (Å²) in [5.74, 6) is 0. The summed E-state index contributed by atoms with van der Waals surface area (Å²) in [5.41, 5.74) is 0. The molecule has 0 fully saturated rings. The molecule has 64 valence electrons. The second kappa shape index (κ2) is 7.89. The van der Waals surface area contributed by atoms with E-state index in [0.29, 0.717) is 31.1 Å². The van der Waals surface area contributed by atoms with Crippen LogP contribution in [0.1, 0.15) is 19.3 Å². The molecule has 11 heavy (non-hydrogen) atoms. The van der Waals surface area contributed by atoms with Gasteiger partial charge in [0.2, 0.25) is 6.08 Å². The highest BCUT2D eigenvalue weighted by atomic mass is 79.9. The number of halogens is 2. The topological polar surface area (TPSA) is 29.4 Å². The van der Waals surface area contributed by atoms with Crippen LogP contribution >= 0.6 is 15.9 Å². The van der Waals surface area contributed by atoms with Crippen molar-refractivity contribution in [2.24, 2.45) is 4.99 Å². The maximum Gasteiger partial charge on any atom is 0.234 e. The maximum atomic E-state index is 12.7. The first-order chi connectivity index (χ1) is 5.31. The molecule has 0 saturated heterocycles. The predicted octanol–water partition coefficient (Wildman–Crippen LogP) is 2.23. The average molecular weight is 224 g/mol. The molecule has 0 aromatic heterocycles. The van der Waals surface area contributed by atoms with Crippen molar-refractivity contribution >= 4 is 22.0 Å². The molecule has 4 heteroatoms. The number of hydrogen-bond donors (Lipinski definition) is 0. The normalized spacial score (nSPS) is 12.2. The van der Waals surface area contributed by atoms with Gasteiger partial charge in [-0.1, -0.05) is 15.9 Å². The summed E-state index contributed by atoms with van der Waals surface area (Å²) in [5, 5.41) is 0.686. The van der Waals surface area contributed by atoms with Gasteiger partial charge >= 0.3 is 0 Å². The van der Waals surface area contributed by atoms with Crippen molar-refractivity contribution < 1.29 is 9.18 Å². The largest absolute Gasteiger partial charge is 0.247 e. The molecule has 0 saturated carbocycles. The zero-order valence-corrected chi connectivity index (χ0v) is 7.81. The number of hydrogen-bond acceptors (Lipinski definition) is 2. The summed E-state index contributed by atoms with van der Waals surface area (Å²) in [6.45, 7) is 0.395. The lowest BCUT2D eigenvalue weighted by Crippen LogP contribution is -2.01. The third-order valence-corrected chi connectivity index (χ3v) is 1.73. The van der Waals surface area contributed by atoms with Gasteiger partial charge in [-0.15, -0.1) is 0 Å². The fraction of sp³-hybridized carbons (Fsp3) is 0.857. The number of carbonyl (C=O) groups excluding carboxylic acids is 1. The van der Waals surface area contributed by atoms with Crippen LogP contribution in [0.5, 0.6) is 0 Å². The van der Waals surface area contributed by atoms with Gasteiger partial charge < -0.3 is 0 Å². The first kappa shape index (κ1) is 10.8. The Labute approximate surface area is 74.0 Å². The molecular formula is C7H11BrFNO. The van der Waals surface area contributed by atoms with Crippen LogP contribution in [0.3, 0.4) is 0 Å². The quantitative estimate of drug-likeness (QED) is 0.294. The van der Waals surface area contributed by atoms with E-state index >= 15 is 0 Å². The van der Waals surface area contributed by atoms with Crippen LogP contribution in [0.4, 0.5) is 4.39 Å². The van der Waals surface area contributed by atoms with Crippen LogP contribution in [-0.4, -0.2) is 24.1 Å². The van der Waals surface area contributed by atoms with Gasteiger partial charge in [0.15, 0.2) is 0 Å². The Kier molecular flexibility index (Phi) is 7.74. The lowest BCUT2D eigenvalue weighted by Gasteiger charge is -2.02.